The Morgan fingerprint density at radius 2 is 2.35 bits per heavy atom. The van der Waals surface area contributed by atoms with Crippen molar-refractivity contribution in [2.45, 2.75) is 0 Å². The van der Waals surface area contributed by atoms with Gasteiger partial charge in [-0.05, 0) is 34.3 Å². The quantitative estimate of drug-likeness (QED) is 0.389. The van der Waals surface area contributed by atoms with Crippen molar-refractivity contribution in [2.24, 2.45) is 4.99 Å². The average Bonchev–Trinajstić information content (AvgIpc) is 2.28. The summed E-state index contributed by atoms with van der Waals surface area (Å²) in [5, 5.41) is 12.0. The molecule has 1 aromatic rings. The van der Waals surface area contributed by atoms with E-state index >= 15 is 0 Å². The Kier molecular flexibility index (Phi) is 5.62. The minimum absolute atomic E-state index is 0.457. The minimum atomic E-state index is 0.457. The first-order valence-corrected chi connectivity index (χ1v) is 6.82. The SMILES string of the molecule is COc1c(Cl)cc(N=C(NC#N)SC)cc1Br. The number of thioether (sulfide) groups is 1. The summed E-state index contributed by atoms with van der Waals surface area (Å²) in [7, 11) is 1.54. The zero-order valence-corrected chi connectivity index (χ0v) is 12.3. The van der Waals surface area contributed by atoms with Crippen molar-refractivity contribution in [3.8, 4) is 11.9 Å². The van der Waals surface area contributed by atoms with Crippen molar-refractivity contribution < 1.29 is 4.74 Å². The van der Waals surface area contributed by atoms with Crippen LogP contribution in [0.5, 0.6) is 5.75 Å². The molecular weight excluding hydrogens is 326 g/mol. The van der Waals surface area contributed by atoms with Crippen LogP contribution in [0.3, 0.4) is 0 Å². The van der Waals surface area contributed by atoms with Crippen molar-refractivity contribution >= 4 is 50.1 Å². The number of nitriles is 1. The standard InChI is InChI=1S/C10H9BrClN3OS/c1-16-9-7(11)3-6(4-8(9)12)15-10(17-2)14-5-13/h3-4H,1-2H3,(H,14,15). The lowest BCUT2D eigenvalue weighted by Crippen LogP contribution is -2.12. The van der Waals surface area contributed by atoms with E-state index in [0.29, 0.717) is 26.1 Å². The van der Waals surface area contributed by atoms with Gasteiger partial charge in [-0.1, -0.05) is 23.4 Å². The third-order valence-corrected chi connectivity index (χ3v) is 3.22. The smallest absolute Gasteiger partial charge is 0.183 e. The number of halogens is 2. The van der Waals surface area contributed by atoms with Gasteiger partial charge in [0.2, 0.25) is 0 Å². The minimum Gasteiger partial charge on any atom is -0.494 e. The average molecular weight is 335 g/mol. The maximum absolute atomic E-state index is 8.53. The monoisotopic (exact) mass is 333 g/mol. The first-order valence-electron chi connectivity index (χ1n) is 4.43. The molecule has 0 saturated heterocycles. The van der Waals surface area contributed by atoms with E-state index in [4.69, 9.17) is 21.6 Å². The number of nitrogens with zero attached hydrogens (tertiary/aromatic N) is 2. The van der Waals surface area contributed by atoms with Crippen molar-refractivity contribution in [1.82, 2.24) is 5.32 Å². The van der Waals surface area contributed by atoms with Crippen molar-refractivity contribution in [2.75, 3.05) is 13.4 Å². The van der Waals surface area contributed by atoms with Gasteiger partial charge in [0.1, 0.15) is 0 Å². The zero-order valence-electron chi connectivity index (χ0n) is 9.12. The number of amidine groups is 1. The molecule has 0 spiro atoms. The third kappa shape index (κ3) is 3.80. The number of rotatable bonds is 2. The summed E-state index contributed by atoms with van der Waals surface area (Å²) in [6, 6.07) is 3.43. The molecule has 90 valence electrons. The molecule has 1 N–H and O–H groups in total. The van der Waals surface area contributed by atoms with Crippen LogP contribution in [0.15, 0.2) is 21.6 Å². The van der Waals surface area contributed by atoms with Gasteiger partial charge in [0.25, 0.3) is 0 Å². The van der Waals surface area contributed by atoms with Crippen molar-refractivity contribution in [1.29, 1.82) is 5.26 Å². The summed E-state index contributed by atoms with van der Waals surface area (Å²) in [5.74, 6) is 0.560. The number of nitrogens with one attached hydrogen (secondary N) is 1. The molecule has 17 heavy (non-hydrogen) atoms. The van der Waals surface area contributed by atoms with Gasteiger partial charge < -0.3 is 4.74 Å². The molecular formula is C10H9BrClN3OS. The molecule has 0 heterocycles. The zero-order chi connectivity index (χ0) is 12.8. The maximum Gasteiger partial charge on any atom is 0.183 e. The van der Waals surface area contributed by atoms with Gasteiger partial charge in [0.15, 0.2) is 17.1 Å². The largest absolute Gasteiger partial charge is 0.494 e. The maximum atomic E-state index is 8.53. The van der Waals surface area contributed by atoms with Gasteiger partial charge in [-0.3, -0.25) is 5.32 Å². The second kappa shape index (κ2) is 6.74. The van der Waals surface area contributed by atoms with Crippen LogP contribution in [0.25, 0.3) is 0 Å². The van der Waals surface area contributed by atoms with E-state index < -0.39 is 0 Å². The van der Waals surface area contributed by atoms with Crippen LogP contribution < -0.4 is 10.1 Å². The van der Waals surface area contributed by atoms with E-state index in [2.05, 4.69) is 26.2 Å². The molecule has 1 aromatic carbocycles. The fourth-order valence-electron chi connectivity index (χ4n) is 1.10. The molecule has 0 unspecified atom stereocenters. The summed E-state index contributed by atoms with van der Waals surface area (Å²) >= 11 is 10.7. The first kappa shape index (κ1) is 14.2. The highest BCUT2D eigenvalue weighted by Crippen LogP contribution is 2.37. The second-order valence-electron chi connectivity index (χ2n) is 2.80. The first-order chi connectivity index (χ1) is 8.12. The van der Waals surface area contributed by atoms with Gasteiger partial charge >= 0.3 is 0 Å². The number of benzene rings is 1. The third-order valence-electron chi connectivity index (χ3n) is 1.77. The molecule has 0 aliphatic rings. The molecule has 0 atom stereocenters. The summed E-state index contributed by atoms with van der Waals surface area (Å²) in [4.78, 5) is 4.24. The Morgan fingerprint density at radius 1 is 1.65 bits per heavy atom. The topological polar surface area (TPSA) is 57.4 Å². The van der Waals surface area contributed by atoms with Gasteiger partial charge in [-0.2, -0.15) is 5.26 Å². The molecule has 0 bridgehead atoms. The lowest BCUT2D eigenvalue weighted by Gasteiger charge is -2.07. The van der Waals surface area contributed by atoms with E-state index in [9.17, 15) is 0 Å². The van der Waals surface area contributed by atoms with Crippen LogP contribution in [0.4, 0.5) is 5.69 Å². The van der Waals surface area contributed by atoms with Gasteiger partial charge in [0, 0.05) is 0 Å². The molecule has 0 aliphatic heterocycles. The van der Waals surface area contributed by atoms with Crippen LogP contribution in [-0.2, 0) is 0 Å². The van der Waals surface area contributed by atoms with E-state index in [-0.39, 0.29) is 0 Å². The molecule has 0 aromatic heterocycles. The van der Waals surface area contributed by atoms with Crippen LogP contribution in [0.1, 0.15) is 0 Å². The van der Waals surface area contributed by atoms with E-state index in [1.54, 1.807) is 19.2 Å². The normalized spacial score (nSPS) is 10.9. The molecule has 0 aliphatic carbocycles. The van der Waals surface area contributed by atoms with Gasteiger partial charge in [-0.15, -0.1) is 0 Å². The van der Waals surface area contributed by atoms with Crippen LogP contribution in [-0.4, -0.2) is 18.5 Å². The molecule has 1 rings (SSSR count). The van der Waals surface area contributed by atoms with Crippen LogP contribution in [0.2, 0.25) is 5.02 Å². The lowest BCUT2D eigenvalue weighted by atomic mass is 10.3. The predicted octanol–water partition coefficient (Wildman–Crippen LogP) is 3.53. The molecule has 0 radical (unpaired) electrons. The van der Waals surface area contributed by atoms with E-state index in [0.717, 1.165) is 0 Å². The Hall–Kier alpha value is -0.900. The van der Waals surface area contributed by atoms with Crippen molar-refractivity contribution in [3.05, 3.63) is 21.6 Å². The second-order valence-corrected chi connectivity index (χ2v) is 4.86. The Balaban J connectivity index is 3.13. The number of aliphatic imine (C=N–C) groups is 1. The summed E-state index contributed by atoms with van der Waals surface area (Å²) in [6.45, 7) is 0. The van der Waals surface area contributed by atoms with Crippen LogP contribution in [0, 0.1) is 11.5 Å². The number of methoxy groups -OCH3 is 1. The fourth-order valence-corrected chi connectivity index (χ4v) is 2.46. The Bertz CT molecular complexity index is 464. The molecule has 0 saturated carbocycles. The summed E-state index contributed by atoms with van der Waals surface area (Å²) in [5.41, 5.74) is 0.634. The highest BCUT2D eigenvalue weighted by molar-refractivity contribution is 9.10. The Labute approximate surface area is 117 Å². The molecule has 7 heteroatoms. The predicted molar refractivity (Wildman–Crippen MR) is 75.1 cm³/mol. The molecule has 0 amide bonds. The number of hydrogen-bond acceptors (Lipinski definition) is 4. The lowest BCUT2D eigenvalue weighted by molar-refractivity contribution is 0.412. The van der Waals surface area contributed by atoms with Crippen molar-refractivity contribution in [3.63, 3.8) is 0 Å². The van der Waals surface area contributed by atoms with Gasteiger partial charge in [-0.25, -0.2) is 4.99 Å². The van der Waals surface area contributed by atoms with Crippen LogP contribution >= 0.6 is 39.3 Å². The fraction of sp³-hybridized carbons (Fsp3) is 0.200. The van der Waals surface area contributed by atoms with E-state index in [1.165, 1.54) is 11.8 Å². The van der Waals surface area contributed by atoms with Gasteiger partial charge in [0.05, 0.1) is 22.3 Å². The summed E-state index contributed by atoms with van der Waals surface area (Å²) in [6.07, 6.45) is 3.64. The number of hydrogen-bond donors (Lipinski definition) is 1. The summed E-state index contributed by atoms with van der Waals surface area (Å²) < 4.78 is 5.82. The highest BCUT2D eigenvalue weighted by Gasteiger charge is 2.08. The Morgan fingerprint density at radius 3 is 2.82 bits per heavy atom. The molecule has 4 nitrogen and oxygen atoms in total. The number of ether oxygens (including phenoxy) is 1. The molecule has 0 fully saturated rings. The van der Waals surface area contributed by atoms with E-state index in [1.807, 2.05) is 12.4 Å². The highest BCUT2D eigenvalue weighted by atomic mass is 79.9.